The maximum Gasteiger partial charge on any atom is 0.227 e. The second kappa shape index (κ2) is 10.4. The van der Waals surface area contributed by atoms with E-state index in [-0.39, 0.29) is 17.2 Å². The molecule has 3 aromatic carbocycles. The van der Waals surface area contributed by atoms with Gasteiger partial charge < -0.3 is 9.80 Å². The lowest BCUT2D eigenvalue weighted by atomic mass is 9.83. The van der Waals surface area contributed by atoms with Crippen LogP contribution in [0.3, 0.4) is 0 Å². The van der Waals surface area contributed by atoms with Crippen molar-refractivity contribution in [2.75, 3.05) is 22.9 Å². The summed E-state index contributed by atoms with van der Waals surface area (Å²) in [6.07, 6.45) is 4.83. The van der Waals surface area contributed by atoms with Gasteiger partial charge in [0.05, 0.1) is 5.69 Å². The lowest BCUT2D eigenvalue weighted by Crippen LogP contribution is -2.26. The highest BCUT2D eigenvalue weighted by molar-refractivity contribution is 6.00. The van der Waals surface area contributed by atoms with Gasteiger partial charge in [-0.05, 0) is 64.8 Å². The Morgan fingerprint density at radius 3 is 1.70 bits per heavy atom. The molecule has 0 saturated carbocycles. The fourth-order valence-electron chi connectivity index (χ4n) is 5.86. The second-order valence-corrected chi connectivity index (χ2v) is 11.8. The zero-order valence-electron chi connectivity index (χ0n) is 23.5. The number of pyridine rings is 1. The highest BCUT2D eigenvalue weighted by Gasteiger charge is 2.26. The van der Waals surface area contributed by atoms with Gasteiger partial charge in [0.2, 0.25) is 11.8 Å². The summed E-state index contributed by atoms with van der Waals surface area (Å²) in [5.74, 6) is 0.291. The summed E-state index contributed by atoms with van der Waals surface area (Å²) < 4.78 is 0. The standard InChI is InChI=1S/C35H35N3O2/c1-35(2,3)31-9-5-4-8-30(31)32-17-16-26(23-36-32)24-12-14-25(15-13-24)27-20-28(37-18-6-10-33(37)39)22-29(21-27)38-19-7-11-34(38)40/h4-5,8-9,12-17,20-23H,6-7,10-11,18-19H2,1-3H3. The predicted octanol–water partition coefficient (Wildman–Crippen LogP) is 7.63. The molecule has 3 heterocycles. The number of benzene rings is 3. The molecule has 6 rings (SSSR count). The second-order valence-electron chi connectivity index (χ2n) is 11.8. The first-order valence-electron chi connectivity index (χ1n) is 14.2. The van der Waals surface area contributed by atoms with Gasteiger partial charge >= 0.3 is 0 Å². The average molecular weight is 530 g/mol. The Kier molecular flexibility index (Phi) is 6.75. The minimum absolute atomic E-state index is 0.0358. The molecule has 0 unspecified atom stereocenters. The molecule has 5 nitrogen and oxygen atoms in total. The largest absolute Gasteiger partial charge is 0.312 e. The van der Waals surface area contributed by atoms with E-state index in [2.05, 4.69) is 93.6 Å². The van der Waals surface area contributed by atoms with Crippen LogP contribution in [0.2, 0.25) is 0 Å². The molecule has 4 aromatic rings. The van der Waals surface area contributed by atoms with Gasteiger partial charge in [-0.25, -0.2) is 0 Å². The molecule has 0 spiro atoms. The van der Waals surface area contributed by atoms with Crippen LogP contribution in [0.1, 0.15) is 52.0 Å². The molecule has 2 saturated heterocycles. The van der Waals surface area contributed by atoms with Crippen LogP contribution in [0.15, 0.2) is 85.1 Å². The molecule has 2 aliphatic heterocycles. The molecule has 0 radical (unpaired) electrons. The Morgan fingerprint density at radius 1 is 0.650 bits per heavy atom. The van der Waals surface area contributed by atoms with E-state index in [1.54, 1.807) is 0 Å². The molecule has 1 aromatic heterocycles. The smallest absolute Gasteiger partial charge is 0.227 e. The molecule has 40 heavy (non-hydrogen) atoms. The summed E-state index contributed by atoms with van der Waals surface area (Å²) in [6, 6.07) is 27.3. The van der Waals surface area contributed by atoms with Crippen LogP contribution in [0.4, 0.5) is 11.4 Å². The van der Waals surface area contributed by atoms with Crippen molar-refractivity contribution in [1.29, 1.82) is 0 Å². The van der Waals surface area contributed by atoms with Crippen LogP contribution in [0.25, 0.3) is 33.5 Å². The van der Waals surface area contributed by atoms with Gasteiger partial charge in [0.1, 0.15) is 0 Å². The highest BCUT2D eigenvalue weighted by atomic mass is 16.2. The zero-order valence-corrected chi connectivity index (χ0v) is 23.5. The van der Waals surface area contributed by atoms with Crippen molar-refractivity contribution in [2.45, 2.75) is 51.9 Å². The minimum Gasteiger partial charge on any atom is -0.312 e. The third-order valence-electron chi connectivity index (χ3n) is 8.00. The van der Waals surface area contributed by atoms with Gasteiger partial charge in [-0.3, -0.25) is 14.6 Å². The maximum atomic E-state index is 12.5. The summed E-state index contributed by atoms with van der Waals surface area (Å²) in [7, 11) is 0. The number of carbonyl (C=O) groups excluding carboxylic acids is 2. The number of nitrogens with zero attached hydrogens (tertiary/aromatic N) is 3. The van der Waals surface area contributed by atoms with Gasteiger partial charge in [0.15, 0.2) is 0 Å². The molecule has 0 atom stereocenters. The van der Waals surface area contributed by atoms with Crippen molar-refractivity contribution in [3.05, 3.63) is 90.6 Å². The number of carbonyl (C=O) groups is 2. The van der Waals surface area contributed by atoms with Gasteiger partial charge in [0.25, 0.3) is 0 Å². The number of anilines is 2. The molecular weight excluding hydrogens is 494 g/mol. The number of rotatable bonds is 5. The Morgan fingerprint density at radius 2 is 1.20 bits per heavy atom. The predicted molar refractivity (Wildman–Crippen MR) is 162 cm³/mol. The molecule has 2 fully saturated rings. The van der Waals surface area contributed by atoms with E-state index in [9.17, 15) is 9.59 Å². The van der Waals surface area contributed by atoms with Crippen LogP contribution in [-0.2, 0) is 15.0 Å². The molecule has 202 valence electrons. The van der Waals surface area contributed by atoms with Crippen LogP contribution >= 0.6 is 0 Å². The van der Waals surface area contributed by atoms with E-state index in [1.807, 2.05) is 22.1 Å². The van der Waals surface area contributed by atoms with E-state index in [0.717, 1.165) is 65.3 Å². The van der Waals surface area contributed by atoms with Gasteiger partial charge in [0, 0.05) is 54.6 Å². The quantitative estimate of drug-likeness (QED) is 0.267. The van der Waals surface area contributed by atoms with Crippen molar-refractivity contribution in [3.63, 3.8) is 0 Å². The zero-order chi connectivity index (χ0) is 27.9. The van der Waals surface area contributed by atoms with E-state index < -0.39 is 0 Å². The topological polar surface area (TPSA) is 53.5 Å². The first-order valence-corrected chi connectivity index (χ1v) is 14.2. The third-order valence-corrected chi connectivity index (χ3v) is 8.00. The Hall–Kier alpha value is -4.25. The van der Waals surface area contributed by atoms with Crippen LogP contribution in [-0.4, -0.2) is 29.9 Å². The first-order chi connectivity index (χ1) is 19.3. The normalized spacial score (nSPS) is 15.8. The Bertz CT molecular complexity index is 1520. The van der Waals surface area contributed by atoms with Crippen LogP contribution in [0, 0.1) is 0 Å². The number of hydrogen-bond acceptors (Lipinski definition) is 3. The number of aromatic nitrogens is 1. The van der Waals surface area contributed by atoms with Crippen molar-refractivity contribution < 1.29 is 9.59 Å². The average Bonchev–Trinajstić information content (AvgIpc) is 3.60. The van der Waals surface area contributed by atoms with E-state index >= 15 is 0 Å². The molecule has 5 heteroatoms. The summed E-state index contributed by atoms with van der Waals surface area (Å²) >= 11 is 0. The number of amides is 2. The molecule has 0 N–H and O–H groups in total. The minimum atomic E-state index is 0.0358. The van der Waals surface area contributed by atoms with Gasteiger partial charge in [-0.1, -0.05) is 75.4 Å². The molecule has 0 aliphatic carbocycles. The molecule has 0 bridgehead atoms. The monoisotopic (exact) mass is 529 g/mol. The van der Waals surface area contributed by atoms with Crippen LogP contribution in [0.5, 0.6) is 0 Å². The van der Waals surface area contributed by atoms with Crippen molar-refractivity contribution in [1.82, 2.24) is 4.98 Å². The van der Waals surface area contributed by atoms with Crippen molar-refractivity contribution >= 4 is 23.2 Å². The highest BCUT2D eigenvalue weighted by Crippen LogP contribution is 2.36. The Labute approximate surface area is 236 Å². The summed E-state index contributed by atoms with van der Waals surface area (Å²) in [4.78, 5) is 33.6. The van der Waals surface area contributed by atoms with E-state index in [1.165, 1.54) is 11.1 Å². The van der Waals surface area contributed by atoms with Crippen molar-refractivity contribution in [3.8, 4) is 33.5 Å². The molecule has 2 amide bonds. The van der Waals surface area contributed by atoms with Gasteiger partial charge in [-0.2, -0.15) is 0 Å². The molecular formula is C35H35N3O2. The summed E-state index contributed by atoms with van der Waals surface area (Å²) in [5.41, 5.74) is 9.41. The first kappa shape index (κ1) is 26.0. The fraction of sp³-hybridized carbons (Fsp3) is 0.286. The third kappa shape index (κ3) is 5.04. The summed E-state index contributed by atoms with van der Waals surface area (Å²) in [6.45, 7) is 8.13. The number of hydrogen-bond donors (Lipinski definition) is 0. The van der Waals surface area contributed by atoms with E-state index in [0.29, 0.717) is 12.8 Å². The summed E-state index contributed by atoms with van der Waals surface area (Å²) in [5, 5.41) is 0. The van der Waals surface area contributed by atoms with E-state index in [4.69, 9.17) is 4.98 Å². The lowest BCUT2D eigenvalue weighted by Gasteiger charge is -2.22. The Balaban J connectivity index is 1.30. The molecule has 2 aliphatic rings. The van der Waals surface area contributed by atoms with Crippen LogP contribution < -0.4 is 9.80 Å². The maximum absolute atomic E-state index is 12.5. The van der Waals surface area contributed by atoms with Gasteiger partial charge in [-0.15, -0.1) is 0 Å². The fourth-order valence-corrected chi connectivity index (χ4v) is 5.86. The lowest BCUT2D eigenvalue weighted by molar-refractivity contribution is -0.117. The van der Waals surface area contributed by atoms with Crippen molar-refractivity contribution in [2.24, 2.45) is 0 Å². The SMILES string of the molecule is CC(C)(C)c1ccccc1-c1ccc(-c2ccc(-c3cc(N4CCCC4=O)cc(N4CCCC4=O)c3)cc2)cn1.